The highest BCUT2D eigenvalue weighted by molar-refractivity contribution is 7.00. The van der Waals surface area contributed by atoms with E-state index in [4.69, 9.17) is 4.42 Å². The molecule has 0 radical (unpaired) electrons. The summed E-state index contributed by atoms with van der Waals surface area (Å²) in [5.74, 6) is 0. The zero-order valence-electron chi connectivity index (χ0n) is 39.4. The van der Waals surface area contributed by atoms with E-state index in [0.717, 1.165) is 34.0 Å². The molecule has 0 spiro atoms. The standard InChI is InChI=1S/C58H63BN2O/c1-34-27-49-52-50(28-34)61(46-32-41-39(29-35(46)2)55(6,7)23-25-57(41,10)11)47-30-36(54(3,4)5)21-22-43(47)59(52)44-31-40-42(58(12,13)26-24-56(40,8)9)33-48(44)60(49)45-19-16-18-38-37-17-14-15-20-51(37)62-53(38)45/h14-22,27-33H,23-26H2,1-13H3. The molecule has 4 heteroatoms. The van der Waals surface area contributed by atoms with Crippen LogP contribution in [0.4, 0.5) is 34.1 Å². The maximum Gasteiger partial charge on any atom is 0.252 e. The van der Waals surface area contributed by atoms with Crippen molar-refractivity contribution in [3.05, 3.63) is 136 Å². The van der Waals surface area contributed by atoms with Crippen molar-refractivity contribution in [1.82, 2.24) is 0 Å². The van der Waals surface area contributed by atoms with Gasteiger partial charge < -0.3 is 14.2 Å². The number of benzene rings is 6. The third-order valence-corrected chi connectivity index (χ3v) is 16.1. The van der Waals surface area contributed by atoms with Crippen LogP contribution in [0.15, 0.2) is 101 Å². The maximum absolute atomic E-state index is 6.93. The predicted molar refractivity (Wildman–Crippen MR) is 266 cm³/mol. The second kappa shape index (κ2) is 12.7. The second-order valence-electron chi connectivity index (χ2n) is 23.3. The number of nitrogens with zero attached hydrogens (tertiary/aromatic N) is 2. The van der Waals surface area contributed by atoms with E-state index in [1.54, 1.807) is 0 Å². The average molecular weight is 815 g/mol. The summed E-state index contributed by atoms with van der Waals surface area (Å²) in [6, 6.07) is 38.1. The van der Waals surface area contributed by atoms with Gasteiger partial charge in [-0.25, -0.2) is 0 Å². The van der Waals surface area contributed by atoms with Crippen molar-refractivity contribution in [1.29, 1.82) is 0 Å². The van der Waals surface area contributed by atoms with Crippen LogP contribution in [0.25, 0.3) is 21.9 Å². The van der Waals surface area contributed by atoms with E-state index in [9.17, 15) is 0 Å². The van der Waals surface area contributed by atoms with Crippen LogP contribution >= 0.6 is 0 Å². The fourth-order valence-corrected chi connectivity index (χ4v) is 12.0. The monoisotopic (exact) mass is 815 g/mol. The van der Waals surface area contributed by atoms with Crippen LogP contribution in [0.1, 0.15) is 141 Å². The van der Waals surface area contributed by atoms with Crippen LogP contribution in [0.2, 0.25) is 0 Å². The number of anilines is 6. The summed E-state index contributed by atoms with van der Waals surface area (Å²) in [5.41, 5.74) is 23.7. The Morgan fingerprint density at radius 3 is 1.66 bits per heavy atom. The summed E-state index contributed by atoms with van der Waals surface area (Å²) in [6.07, 6.45) is 4.71. The molecule has 2 aliphatic heterocycles. The van der Waals surface area contributed by atoms with E-state index >= 15 is 0 Å². The van der Waals surface area contributed by atoms with Gasteiger partial charge in [0.15, 0.2) is 5.58 Å². The smallest absolute Gasteiger partial charge is 0.252 e. The van der Waals surface area contributed by atoms with E-state index in [0.29, 0.717) is 0 Å². The van der Waals surface area contributed by atoms with E-state index in [1.165, 1.54) is 103 Å². The first-order valence-electron chi connectivity index (χ1n) is 23.3. The van der Waals surface area contributed by atoms with Crippen molar-refractivity contribution in [3.8, 4) is 0 Å². The number of hydrogen-bond acceptors (Lipinski definition) is 3. The minimum absolute atomic E-state index is 0.0170. The minimum Gasteiger partial charge on any atom is -0.454 e. The molecule has 3 nitrogen and oxygen atoms in total. The van der Waals surface area contributed by atoms with Crippen LogP contribution in [0.3, 0.4) is 0 Å². The van der Waals surface area contributed by atoms with Crippen LogP contribution in [-0.4, -0.2) is 6.71 Å². The minimum atomic E-state index is -0.0170. The number of fused-ring (bicyclic) bond motifs is 9. The van der Waals surface area contributed by atoms with Gasteiger partial charge in [-0.05, 0) is 164 Å². The van der Waals surface area contributed by atoms with E-state index in [1.807, 2.05) is 0 Å². The molecule has 11 rings (SSSR count). The molecule has 314 valence electrons. The lowest BCUT2D eigenvalue weighted by molar-refractivity contribution is 0.332. The molecular weight excluding hydrogens is 751 g/mol. The summed E-state index contributed by atoms with van der Waals surface area (Å²) in [7, 11) is 0. The molecule has 1 aromatic heterocycles. The molecular formula is C58H63BN2O. The first-order chi connectivity index (χ1) is 29.2. The summed E-state index contributed by atoms with van der Waals surface area (Å²) >= 11 is 0. The highest BCUT2D eigenvalue weighted by atomic mass is 16.3. The van der Waals surface area contributed by atoms with Crippen LogP contribution in [0.5, 0.6) is 0 Å². The highest BCUT2D eigenvalue weighted by Crippen LogP contribution is 2.54. The molecule has 0 bridgehead atoms. The lowest BCUT2D eigenvalue weighted by Gasteiger charge is -2.48. The van der Waals surface area contributed by atoms with E-state index in [2.05, 4.69) is 197 Å². The molecule has 62 heavy (non-hydrogen) atoms. The zero-order valence-corrected chi connectivity index (χ0v) is 39.4. The molecule has 0 saturated heterocycles. The summed E-state index contributed by atoms with van der Waals surface area (Å²) < 4.78 is 6.93. The summed E-state index contributed by atoms with van der Waals surface area (Å²) in [6.45, 7) is 31.4. The number of hydrogen-bond donors (Lipinski definition) is 0. The Bertz CT molecular complexity index is 3060. The molecule has 0 saturated carbocycles. The number of aryl methyl sites for hydroxylation is 2. The molecule has 4 aliphatic rings. The third kappa shape index (κ3) is 5.56. The van der Waals surface area contributed by atoms with E-state index < -0.39 is 0 Å². The topological polar surface area (TPSA) is 19.6 Å². The van der Waals surface area contributed by atoms with Crippen molar-refractivity contribution in [2.24, 2.45) is 0 Å². The third-order valence-electron chi connectivity index (χ3n) is 16.1. The molecule has 3 heterocycles. The van der Waals surface area contributed by atoms with Crippen molar-refractivity contribution in [2.45, 2.75) is 143 Å². The second-order valence-corrected chi connectivity index (χ2v) is 23.3. The Labute approximate surface area is 370 Å². The molecule has 0 unspecified atom stereocenters. The summed E-state index contributed by atoms with van der Waals surface area (Å²) in [4.78, 5) is 5.27. The van der Waals surface area contributed by atoms with Gasteiger partial charge in [0, 0.05) is 39.2 Å². The van der Waals surface area contributed by atoms with E-state index in [-0.39, 0.29) is 33.8 Å². The Morgan fingerprint density at radius 1 is 0.500 bits per heavy atom. The van der Waals surface area contributed by atoms with Crippen molar-refractivity contribution in [2.75, 3.05) is 9.80 Å². The SMILES string of the molecule is Cc1cc2c3c(c1)N(c1cccc4c1oc1ccccc14)c1cc4c(cc1B3c1ccc(C(C)(C)C)cc1N2c1cc2c(cc1C)C(C)(C)CCC2(C)C)C(C)(C)CCC4(C)C. The van der Waals surface area contributed by atoms with Crippen LogP contribution in [0, 0.1) is 13.8 Å². The largest absolute Gasteiger partial charge is 0.454 e. The Morgan fingerprint density at radius 2 is 1.03 bits per heavy atom. The summed E-state index contributed by atoms with van der Waals surface area (Å²) in [5, 5.41) is 2.31. The van der Waals surface area contributed by atoms with Gasteiger partial charge in [0.05, 0.1) is 5.69 Å². The van der Waals surface area contributed by atoms with Crippen LogP contribution < -0.4 is 26.2 Å². The van der Waals surface area contributed by atoms with Gasteiger partial charge in [-0.3, -0.25) is 0 Å². The van der Waals surface area contributed by atoms with Gasteiger partial charge in [0.25, 0.3) is 6.71 Å². The number of para-hydroxylation sites is 2. The molecule has 0 amide bonds. The average Bonchev–Trinajstić information content (AvgIpc) is 3.60. The van der Waals surface area contributed by atoms with Gasteiger partial charge in [0.2, 0.25) is 0 Å². The molecule has 2 aliphatic carbocycles. The first-order valence-corrected chi connectivity index (χ1v) is 23.3. The van der Waals surface area contributed by atoms with Gasteiger partial charge in [-0.2, -0.15) is 0 Å². The molecule has 0 N–H and O–H groups in total. The zero-order chi connectivity index (χ0) is 43.6. The van der Waals surface area contributed by atoms with Gasteiger partial charge in [-0.15, -0.1) is 0 Å². The number of rotatable bonds is 2. The lowest BCUT2D eigenvalue weighted by Crippen LogP contribution is -2.62. The Balaban J connectivity index is 1.28. The predicted octanol–water partition coefficient (Wildman–Crippen LogP) is 14.3. The maximum atomic E-state index is 6.93. The normalized spacial score (nSPS) is 18.9. The first kappa shape index (κ1) is 39.6. The fraction of sp³-hybridized carbons (Fsp3) is 0.379. The Kier molecular flexibility index (Phi) is 8.12. The molecule has 7 aromatic rings. The van der Waals surface area contributed by atoms with Crippen molar-refractivity contribution >= 4 is 79.2 Å². The van der Waals surface area contributed by atoms with Gasteiger partial charge >= 0.3 is 0 Å². The van der Waals surface area contributed by atoms with Crippen molar-refractivity contribution in [3.63, 3.8) is 0 Å². The van der Waals surface area contributed by atoms with Crippen LogP contribution in [-0.2, 0) is 27.1 Å². The highest BCUT2D eigenvalue weighted by Gasteiger charge is 2.48. The fourth-order valence-electron chi connectivity index (χ4n) is 12.0. The Hall–Kier alpha value is -5.22. The number of furan rings is 1. The molecule has 0 fully saturated rings. The van der Waals surface area contributed by atoms with Gasteiger partial charge in [0.1, 0.15) is 5.58 Å². The molecule has 6 aromatic carbocycles. The van der Waals surface area contributed by atoms with Crippen molar-refractivity contribution < 1.29 is 4.42 Å². The molecule has 0 atom stereocenters. The van der Waals surface area contributed by atoms with Gasteiger partial charge in [-0.1, -0.05) is 131 Å². The lowest BCUT2D eigenvalue weighted by atomic mass is 9.33. The quantitative estimate of drug-likeness (QED) is 0.162.